The Morgan fingerprint density at radius 3 is 3.00 bits per heavy atom. The van der Waals surface area contributed by atoms with Gasteiger partial charge >= 0.3 is 0 Å². The monoisotopic (exact) mass is 251 g/mol. The Bertz CT molecular complexity index is 414. The van der Waals surface area contributed by atoms with Gasteiger partial charge in [0.05, 0.1) is 12.9 Å². The van der Waals surface area contributed by atoms with E-state index in [2.05, 4.69) is 23.7 Å². The Morgan fingerprint density at radius 1 is 1.61 bits per heavy atom. The van der Waals surface area contributed by atoms with Crippen LogP contribution in [0.3, 0.4) is 0 Å². The van der Waals surface area contributed by atoms with Crippen LogP contribution in [0.25, 0.3) is 0 Å². The van der Waals surface area contributed by atoms with Crippen LogP contribution in [0.15, 0.2) is 12.5 Å². The van der Waals surface area contributed by atoms with E-state index in [-0.39, 0.29) is 11.9 Å². The Balaban J connectivity index is 2.04. The number of aromatic nitrogens is 2. The van der Waals surface area contributed by atoms with Crippen molar-refractivity contribution in [1.82, 2.24) is 14.5 Å². The summed E-state index contributed by atoms with van der Waals surface area (Å²) in [5, 5.41) is 0. The lowest BCUT2D eigenvalue weighted by Gasteiger charge is -2.34. The third-order valence-corrected chi connectivity index (χ3v) is 3.37. The number of ketones is 1. The minimum absolute atomic E-state index is 0.00690. The summed E-state index contributed by atoms with van der Waals surface area (Å²) >= 11 is 0. The molecule has 1 aliphatic rings. The van der Waals surface area contributed by atoms with Gasteiger partial charge in [0.1, 0.15) is 11.8 Å². The van der Waals surface area contributed by atoms with Gasteiger partial charge in [0, 0.05) is 31.9 Å². The number of ether oxygens (including phenoxy) is 1. The van der Waals surface area contributed by atoms with Gasteiger partial charge in [-0.05, 0) is 20.8 Å². The number of morpholine rings is 1. The predicted molar refractivity (Wildman–Crippen MR) is 68.7 cm³/mol. The summed E-state index contributed by atoms with van der Waals surface area (Å²) in [5.74, 6) is -0.00690. The maximum Gasteiger partial charge on any atom is 0.212 e. The fraction of sp³-hybridized carbons (Fsp3) is 0.692. The minimum Gasteiger partial charge on any atom is -0.367 e. The zero-order valence-corrected chi connectivity index (χ0v) is 11.3. The molecule has 0 N–H and O–H groups in total. The molecular weight excluding hydrogens is 230 g/mol. The van der Waals surface area contributed by atoms with Crippen LogP contribution in [0.5, 0.6) is 0 Å². The molecule has 0 saturated carbocycles. The molecule has 1 aromatic rings. The molecule has 1 saturated heterocycles. The Kier molecular flexibility index (Phi) is 4.14. The fourth-order valence-corrected chi connectivity index (χ4v) is 2.12. The number of nitrogens with zero attached hydrogens (tertiary/aromatic N) is 3. The van der Waals surface area contributed by atoms with E-state index in [1.807, 2.05) is 11.5 Å². The van der Waals surface area contributed by atoms with E-state index < -0.39 is 0 Å². The van der Waals surface area contributed by atoms with Gasteiger partial charge in [0.2, 0.25) is 5.78 Å². The quantitative estimate of drug-likeness (QED) is 0.754. The highest BCUT2D eigenvalue weighted by molar-refractivity contribution is 5.97. The van der Waals surface area contributed by atoms with Gasteiger partial charge in [0.25, 0.3) is 0 Å². The Labute approximate surface area is 108 Å². The number of hydrogen-bond donors (Lipinski definition) is 0. The topological polar surface area (TPSA) is 47.4 Å². The van der Waals surface area contributed by atoms with E-state index >= 15 is 0 Å². The van der Waals surface area contributed by atoms with E-state index in [0.29, 0.717) is 24.9 Å². The molecule has 5 heteroatoms. The normalized spacial score (nSPS) is 21.4. The smallest absolute Gasteiger partial charge is 0.212 e. The molecule has 0 spiro atoms. The predicted octanol–water partition coefficient (Wildman–Crippen LogP) is 1.19. The summed E-state index contributed by atoms with van der Waals surface area (Å²) < 4.78 is 7.48. The number of imidazole rings is 1. The third-order valence-electron chi connectivity index (χ3n) is 3.37. The number of carbonyl (C=O) groups excluding carboxylic acids is 1. The first-order valence-corrected chi connectivity index (χ1v) is 6.53. The van der Waals surface area contributed by atoms with Crippen molar-refractivity contribution in [2.45, 2.75) is 39.5 Å². The highest BCUT2D eigenvalue weighted by Gasteiger charge is 2.29. The van der Waals surface area contributed by atoms with Crippen LogP contribution in [0.2, 0.25) is 0 Å². The van der Waals surface area contributed by atoms with Gasteiger partial charge in [-0.2, -0.15) is 0 Å². The highest BCUT2D eigenvalue weighted by Crippen LogP contribution is 2.13. The summed E-state index contributed by atoms with van der Waals surface area (Å²) in [5.41, 5.74) is 0.507. The lowest BCUT2D eigenvalue weighted by atomic mass is 10.1. The first-order chi connectivity index (χ1) is 8.61. The minimum atomic E-state index is -0.374. The molecular formula is C13H21N3O2. The second kappa shape index (κ2) is 5.63. The Hall–Kier alpha value is -1.20. The van der Waals surface area contributed by atoms with Crippen molar-refractivity contribution < 1.29 is 9.53 Å². The van der Waals surface area contributed by atoms with E-state index in [9.17, 15) is 4.79 Å². The SMILES string of the molecule is CCn1cnc(C(=O)C2CN(C(C)C)CCO2)c1. The van der Waals surface area contributed by atoms with Gasteiger partial charge < -0.3 is 9.30 Å². The van der Waals surface area contributed by atoms with Crippen molar-refractivity contribution >= 4 is 5.78 Å². The zero-order valence-electron chi connectivity index (χ0n) is 11.3. The van der Waals surface area contributed by atoms with Crippen LogP contribution in [0.4, 0.5) is 0 Å². The van der Waals surface area contributed by atoms with Gasteiger partial charge in [-0.3, -0.25) is 9.69 Å². The Morgan fingerprint density at radius 2 is 2.39 bits per heavy atom. The van der Waals surface area contributed by atoms with Crippen LogP contribution in [-0.4, -0.2) is 52.1 Å². The second-order valence-electron chi connectivity index (χ2n) is 4.90. The lowest BCUT2D eigenvalue weighted by molar-refractivity contribution is -0.0258. The standard InChI is InChI=1S/C13H21N3O2/c1-4-15-7-11(14-9-15)13(17)12-8-16(10(2)3)5-6-18-12/h7,9-10,12H,4-6,8H2,1-3H3. The van der Waals surface area contributed by atoms with Crippen molar-refractivity contribution in [1.29, 1.82) is 0 Å². The lowest BCUT2D eigenvalue weighted by Crippen LogP contribution is -2.48. The number of hydrogen-bond acceptors (Lipinski definition) is 4. The first-order valence-electron chi connectivity index (χ1n) is 6.53. The first kappa shape index (κ1) is 13.2. The van der Waals surface area contributed by atoms with Crippen molar-refractivity contribution in [2.24, 2.45) is 0 Å². The molecule has 2 rings (SSSR count). The average Bonchev–Trinajstić information content (AvgIpc) is 2.86. The zero-order chi connectivity index (χ0) is 13.1. The number of aryl methyl sites for hydroxylation is 1. The summed E-state index contributed by atoms with van der Waals surface area (Å²) in [7, 11) is 0. The molecule has 0 amide bonds. The van der Waals surface area contributed by atoms with Crippen molar-refractivity contribution in [3.63, 3.8) is 0 Å². The second-order valence-corrected chi connectivity index (χ2v) is 4.90. The van der Waals surface area contributed by atoms with Gasteiger partial charge in [-0.15, -0.1) is 0 Å². The fourth-order valence-electron chi connectivity index (χ4n) is 2.12. The van der Waals surface area contributed by atoms with Crippen molar-refractivity contribution in [3.8, 4) is 0 Å². The van der Waals surface area contributed by atoms with Gasteiger partial charge in [0.15, 0.2) is 0 Å². The molecule has 1 fully saturated rings. The number of carbonyl (C=O) groups is 1. The maximum atomic E-state index is 12.3. The van der Waals surface area contributed by atoms with Crippen LogP contribution in [-0.2, 0) is 11.3 Å². The van der Waals surface area contributed by atoms with Gasteiger partial charge in [-0.1, -0.05) is 0 Å². The molecule has 1 unspecified atom stereocenters. The molecule has 0 radical (unpaired) electrons. The van der Waals surface area contributed by atoms with Gasteiger partial charge in [-0.25, -0.2) is 4.98 Å². The molecule has 1 atom stereocenters. The molecule has 2 heterocycles. The summed E-state index contributed by atoms with van der Waals surface area (Å²) in [6.45, 7) is 9.29. The third kappa shape index (κ3) is 2.79. The van der Waals surface area contributed by atoms with Crippen LogP contribution < -0.4 is 0 Å². The molecule has 1 aromatic heterocycles. The van der Waals surface area contributed by atoms with Crippen LogP contribution >= 0.6 is 0 Å². The van der Waals surface area contributed by atoms with Crippen LogP contribution in [0.1, 0.15) is 31.3 Å². The average molecular weight is 251 g/mol. The molecule has 100 valence electrons. The van der Waals surface area contributed by atoms with E-state index in [0.717, 1.165) is 13.1 Å². The molecule has 0 aromatic carbocycles. The van der Waals surface area contributed by atoms with E-state index in [4.69, 9.17) is 4.74 Å². The maximum absolute atomic E-state index is 12.3. The summed E-state index contributed by atoms with van der Waals surface area (Å²) in [4.78, 5) is 18.7. The molecule has 5 nitrogen and oxygen atoms in total. The van der Waals surface area contributed by atoms with Crippen molar-refractivity contribution in [3.05, 3.63) is 18.2 Å². The number of Topliss-reactive ketones (excluding diaryl/α,β-unsaturated/α-hetero) is 1. The van der Waals surface area contributed by atoms with E-state index in [1.54, 1.807) is 12.5 Å². The van der Waals surface area contributed by atoms with Crippen LogP contribution in [0, 0.1) is 0 Å². The van der Waals surface area contributed by atoms with E-state index in [1.165, 1.54) is 0 Å². The molecule has 1 aliphatic heterocycles. The molecule has 18 heavy (non-hydrogen) atoms. The summed E-state index contributed by atoms with van der Waals surface area (Å²) in [6, 6.07) is 0.442. The number of rotatable bonds is 4. The largest absolute Gasteiger partial charge is 0.367 e. The summed E-state index contributed by atoms with van der Waals surface area (Å²) in [6.07, 6.45) is 3.11. The van der Waals surface area contributed by atoms with Crippen molar-refractivity contribution in [2.75, 3.05) is 19.7 Å². The highest BCUT2D eigenvalue weighted by atomic mass is 16.5. The molecule has 0 aliphatic carbocycles. The molecule has 0 bridgehead atoms.